The van der Waals surface area contributed by atoms with Gasteiger partial charge in [0.1, 0.15) is 35.3 Å². The van der Waals surface area contributed by atoms with Gasteiger partial charge in [0.15, 0.2) is 0 Å². The van der Waals surface area contributed by atoms with E-state index < -0.39 is 17.3 Å². The van der Waals surface area contributed by atoms with E-state index in [-0.39, 0.29) is 12.1 Å². The van der Waals surface area contributed by atoms with Gasteiger partial charge in [0, 0.05) is 37.0 Å². The molecule has 2 aromatic heterocycles. The van der Waals surface area contributed by atoms with Crippen molar-refractivity contribution in [3.05, 3.63) is 94.8 Å². The van der Waals surface area contributed by atoms with Gasteiger partial charge >= 0.3 is 5.69 Å². The summed E-state index contributed by atoms with van der Waals surface area (Å²) in [5.74, 6) is 0.676. The zero-order chi connectivity index (χ0) is 24.4. The van der Waals surface area contributed by atoms with Crippen LogP contribution in [0.5, 0.6) is 11.5 Å². The van der Waals surface area contributed by atoms with Crippen molar-refractivity contribution >= 4 is 5.82 Å². The molecule has 3 heterocycles. The first-order valence-electron chi connectivity index (χ1n) is 11.3. The number of hydrogen-bond acceptors (Lipinski definition) is 6. The molecule has 1 saturated heterocycles. The third-order valence-corrected chi connectivity index (χ3v) is 5.86. The molecular formula is C25H24F2N6O2. The molecular weight excluding hydrogens is 454 g/mol. The number of anilines is 1. The van der Waals surface area contributed by atoms with Gasteiger partial charge in [0.25, 0.3) is 0 Å². The number of halogens is 2. The smallest absolute Gasteiger partial charge is 0.350 e. The van der Waals surface area contributed by atoms with E-state index in [1.807, 2.05) is 6.07 Å². The molecule has 180 valence electrons. The lowest BCUT2D eigenvalue weighted by molar-refractivity contribution is 0.425. The number of ether oxygens (including phenoxy) is 1. The summed E-state index contributed by atoms with van der Waals surface area (Å²) in [6.07, 6.45) is 2.97. The zero-order valence-electron chi connectivity index (χ0n) is 19.1. The summed E-state index contributed by atoms with van der Waals surface area (Å²) in [4.78, 5) is 19.3. The summed E-state index contributed by atoms with van der Waals surface area (Å²) >= 11 is 0. The summed E-state index contributed by atoms with van der Waals surface area (Å²) < 4.78 is 36.2. The summed E-state index contributed by atoms with van der Waals surface area (Å²) in [6.45, 7) is 4.60. The van der Waals surface area contributed by atoms with Gasteiger partial charge < -0.3 is 15.0 Å². The average molecular weight is 479 g/mol. The predicted molar refractivity (Wildman–Crippen MR) is 127 cm³/mol. The molecule has 5 rings (SSSR count). The molecule has 0 bridgehead atoms. The standard InChI is InChI=1S/C25H24F2N6O2/c1-2-28-17-13-31(14-17)24-12-20(10-11-29-24)35-19-8-6-18(7-9-19)33-25(34)32(16-30-33)15-21-22(26)4-3-5-23(21)27/h3-12,16-17,28H,2,13-15H2,1H3. The van der Waals surface area contributed by atoms with Crippen LogP contribution in [0.25, 0.3) is 5.69 Å². The Morgan fingerprint density at radius 2 is 1.80 bits per heavy atom. The van der Waals surface area contributed by atoms with Crippen LogP contribution in [0.2, 0.25) is 0 Å². The molecule has 4 aromatic rings. The number of pyridine rings is 1. The minimum atomic E-state index is -0.711. The van der Waals surface area contributed by atoms with Crippen molar-refractivity contribution in [2.24, 2.45) is 0 Å². The summed E-state index contributed by atoms with van der Waals surface area (Å²) in [5.41, 5.74) is -0.198. The predicted octanol–water partition coefficient (Wildman–Crippen LogP) is 3.35. The Bertz CT molecular complexity index is 1360. The van der Waals surface area contributed by atoms with E-state index in [4.69, 9.17) is 4.74 Å². The van der Waals surface area contributed by atoms with Crippen LogP contribution in [-0.4, -0.2) is 45.0 Å². The van der Waals surface area contributed by atoms with Crippen molar-refractivity contribution in [2.75, 3.05) is 24.5 Å². The van der Waals surface area contributed by atoms with E-state index in [0.29, 0.717) is 23.2 Å². The van der Waals surface area contributed by atoms with Crippen LogP contribution in [0, 0.1) is 11.6 Å². The Hall–Kier alpha value is -4.05. The Balaban J connectivity index is 1.27. The van der Waals surface area contributed by atoms with Crippen LogP contribution in [0.1, 0.15) is 12.5 Å². The fourth-order valence-electron chi connectivity index (χ4n) is 3.98. The zero-order valence-corrected chi connectivity index (χ0v) is 19.1. The average Bonchev–Trinajstić information content (AvgIpc) is 3.19. The van der Waals surface area contributed by atoms with Crippen LogP contribution >= 0.6 is 0 Å². The van der Waals surface area contributed by atoms with Gasteiger partial charge in [-0.1, -0.05) is 13.0 Å². The van der Waals surface area contributed by atoms with Crippen molar-refractivity contribution in [1.82, 2.24) is 24.6 Å². The molecule has 0 spiro atoms. The lowest BCUT2D eigenvalue weighted by Gasteiger charge is -2.40. The molecule has 0 atom stereocenters. The van der Waals surface area contributed by atoms with Crippen LogP contribution < -0.4 is 20.6 Å². The number of hydrogen-bond donors (Lipinski definition) is 1. The van der Waals surface area contributed by atoms with Gasteiger partial charge in [0.05, 0.1) is 12.2 Å². The van der Waals surface area contributed by atoms with Crippen molar-refractivity contribution in [1.29, 1.82) is 0 Å². The van der Waals surface area contributed by atoms with E-state index in [2.05, 4.69) is 27.2 Å². The maximum Gasteiger partial charge on any atom is 0.350 e. The SMILES string of the molecule is CCNC1CN(c2cc(Oc3ccc(-n4ncn(Cc5c(F)cccc5F)c4=O)cc3)ccn2)C1. The van der Waals surface area contributed by atoms with Gasteiger partial charge in [-0.15, -0.1) is 0 Å². The van der Waals surface area contributed by atoms with Gasteiger partial charge in [-0.25, -0.2) is 18.6 Å². The fraction of sp³-hybridized carbons (Fsp3) is 0.240. The van der Waals surface area contributed by atoms with Crippen molar-refractivity contribution < 1.29 is 13.5 Å². The molecule has 1 fully saturated rings. The minimum absolute atomic E-state index is 0.190. The molecule has 1 aliphatic heterocycles. The highest BCUT2D eigenvalue weighted by Crippen LogP contribution is 2.27. The summed E-state index contributed by atoms with van der Waals surface area (Å²) in [6, 6.07) is 14.6. The third-order valence-electron chi connectivity index (χ3n) is 5.86. The molecule has 1 N–H and O–H groups in total. The molecule has 0 unspecified atom stereocenters. The van der Waals surface area contributed by atoms with Gasteiger partial charge in [-0.3, -0.25) is 4.57 Å². The van der Waals surface area contributed by atoms with Crippen molar-refractivity contribution in [3.63, 3.8) is 0 Å². The minimum Gasteiger partial charge on any atom is -0.457 e. The second-order valence-electron chi connectivity index (χ2n) is 8.26. The van der Waals surface area contributed by atoms with Crippen LogP contribution in [0.3, 0.4) is 0 Å². The number of benzene rings is 2. The van der Waals surface area contributed by atoms with Gasteiger partial charge in [-0.2, -0.15) is 9.78 Å². The first kappa shape index (κ1) is 22.7. The molecule has 0 aliphatic carbocycles. The number of likely N-dealkylation sites (N-methyl/N-ethyl adjacent to an activating group) is 1. The topological polar surface area (TPSA) is 77.2 Å². The maximum absolute atomic E-state index is 14.0. The monoisotopic (exact) mass is 478 g/mol. The molecule has 10 heteroatoms. The lowest BCUT2D eigenvalue weighted by atomic mass is 10.1. The molecule has 2 aromatic carbocycles. The first-order chi connectivity index (χ1) is 17.0. The van der Waals surface area contributed by atoms with Crippen LogP contribution in [0.4, 0.5) is 14.6 Å². The fourth-order valence-corrected chi connectivity index (χ4v) is 3.98. The molecule has 0 radical (unpaired) electrons. The quantitative estimate of drug-likeness (QED) is 0.419. The Kier molecular flexibility index (Phi) is 6.28. The van der Waals surface area contributed by atoms with E-state index >= 15 is 0 Å². The summed E-state index contributed by atoms with van der Waals surface area (Å²) in [5, 5.41) is 7.50. The van der Waals surface area contributed by atoms with Gasteiger partial charge in [-0.05, 0) is 49.0 Å². The number of aromatic nitrogens is 4. The molecule has 1 aliphatic rings. The molecule has 8 nitrogen and oxygen atoms in total. The van der Waals surface area contributed by atoms with Crippen LogP contribution in [-0.2, 0) is 6.54 Å². The maximum atomic E-state index is 14.0. The second-order valence-corrected chi connectivity index (χ2v) is 8.26. The first-order valence-corrected chi connectivity index (χ1v) is 11.3. The van der Waals surface area contributed by atoms with Gasteiger partial charge in [0.2, 0.25) is 0 Å². The Morgan fingerprint density at radius 1 is 1.06 bits per heavy atom. The largest absolute Gasteiger partial charge is 0.457 e. The highest BCUT2D eigenvalue weighted by atomic mass is 19.1. The lowest BCUT2D eigenvalue weighted by Crippen LogP contribution is -2.58. The second kappa shape index (κ2) is 9.67. The van der Waals surface area contributed by atoms with Crippen molar-refractivity contribution in [2.45, 2.75) is 19.5 Å². The highest BCUT2D eigenvalue weighted by Gasteiger charge is 2.26. The number of nitrogens with one attached hydrogen (secondary N) is 1. The van der Waals surface area contributed by atoms with Crippen LogP contribution in [0.15, 0.2) is 71.9 Å². The summed E-state index contributed by atoms with van der Waals surface area (Å²) in [7, 11) is 0. The molecule has 0 saturated carbocycles. The number of rotatable bonds is 8. The van der Waals surface area contributed by atoms with E-state index in [9.17, 15) is 13.6 Å². The normalized spacial score (nSPS) is 13.6. The third kappa shape index (κ3) is 4.78. The van der Waals surface area contributed by atoms with Crippen molar-refractivity contribution in [3.8, 4) is 17.2 Å². The Morgan fingerprint density at radius 3 is 2.51 bits per heavy atom. The molecule has 35 heavy (non-hydrogen) atoms. The van der Waals surface area contributed by atoms with E-state index in [1.165, 1.54) is 12.4 Å². The highest BCUT2D eigenvalue weighted by molar-refractivity contribution is 5.48. The van der Waals surface area contributed by atoms with E-state index in [0.717, 1.165) is 46.8 Å². The molecule has 0 amide bonds. The number of nitrogens with zero attached hydrogens (tertiary/aromatic N) is 5. The van der Waals surface area contributed by atoms with E-state index in [1.54, 1.807) is 36.5 Å². The Labute approximate surface area is 200 Å².